The Morgan fingerprint density at radius 2 is 1.86 bits per heavy atom. The molecule has 0 aromatic heterocycles. The van der Waals surface area contributed by atoms with Crippen molar-refractivity contribution in [3.63, 3.8) is 0 Å². The number of para-hydroxylation sites is 1. The Kier molecular flexibility index (Phi) is 7.46. The monoisotopic (exact) mass is 381 g/mol. The van der Waals surface area contributed by atoms with Gasteiger partial charge in [-0.25, -0.2) is 0 Å². The van der Waals surface area contributed by atoms with Gasteiger partial charge in [0.1, 0.15) is 5.75 Å². The molecule has 1 aliphatic heterocycles. The second-order valence-corrected chi connectivity index (χ2v) is 7.26. The summed E-state index contributed by atoms with van der Waals surface area (Å²) in [6.07, 6.45) is 0.926. The summed E-state index contributed by atoms with van der Waals surface area (Å²) >= 11 is 0. The first-order valence-corrected chi connectivity index (χ1v) is 10.2. The Labute approximate surface area is 168 Å². The average molecular weight is 382 g/mol. The van der Waals surface area contributed by atoms with Crippen LogP contribution in [0, 0.1) is 0 Å². The molecule has 0 bridgehead atoms. The summed E-state index contributed by atoms with van der Waals surface area (Å²) < 4.78 is 5.56. The van der Waals surface area contributed by atoms with Crippen LogP contribution in [0.4, 0.5) is 0 Å². The molecule has 28 heavy (non-hydrogen) atoms. The van der Waals surface area contributed by atoms with Gasteiger partial charge >= 0.3 is 0 Å². The molecule has 1 aliphatic rings. The molecule has 0 radical (unpaired) electrons. The van der Waals surface area contributed by atoms with Crippen LogP contribution in [0.15, 0.2) is 54.6 Å². The molecular weight excluding hydrogens is 350 g/mol. The molecule has 1 saturated heterocycles. The zero-order chi connectivity index (χ0) is 19.8. The van der Waals surface area contributed by atoms with Gasteiger partial charge in [0.2, 0.25) is 0 Å². The standard InChI is InChI=1S/C23H31N3O2/c1-3-28-22-13-8-7-12-20(22)23(27)24-14-9-15-26-17-16-25(2)18-21(26)19-10-5-4-6-11-19/h4-8,10-13,21H,3,9,14-18H2,1-2H3,(H,24,27). The van der Waals surface area contributed by atoms with Gasteiger partial charge in [0.05, 0.1) is 12.2 Å². The van der Waals surface area contributed by atoms with E-state index >= 15 is 0 Å². The molecule has 2 aromatic rings. The van der Waals surface area contributed by atoms with Crippen molar-refractivity contribution < 1.29 is 9.53 Å². The van der Waals surface area contributed by atoms with E-state index in [9.17, 15) is 4.79 Å². The highest BCUT2D eigenvalue weighted by molar-refractivity contribution is 5.96. The summed E-state index contributed by atoms with van der Waals surface area (Å²) in [6.45, 7) is 7.28. The van der Waals surface area contributed by atoms with E-state index in [0.717, 1.165) is 32.6 Å². The number of amides is 1. The Bertz CT molecular complexity index is 751. The zero-order valence-electron chi connectivity index (χ0n) is 16.9. The highest BCUT2D eigenvalue weighted by Crippen LogP contribution is 2.24. The van der Waals surface area contributed by atoms with Gasteiger partial charge in [-0.1, -0.05) is 42.5 Å². The van der Waals surface area contributed by atoms with Crippen molar-refractivity contribution in [3.05, 3.63) is 65.7 Å². The molecule has 0 saturated carbocycles. The van der Waals surface area contributed by atoms with Crippen LogP contribution in [-0.4, -0.2) is 62.1 Å². The summed E-state index contributed by atoms with van der Waals surface area (Å²) in [6, 6.07) is 18.5. The van der Waals surface area contributed by atoms with Gasteiger partial charge in [-0.2, -0.15) is 0 Å². The first-order chi connectivity index (χ1) is 13.7. The van der Waals surface area contributed by atoms with Crippen molar-refractivity contribution >= 4 is 5.91 Å². The van der Waals surface area contributed by atoms with E-state index in [-0.39, 0.29) is 5.91 Å². The second-order valence-electron chi connectivity index (χ2n) is 7.26. The second kappa shape index (κ2) is 10.2. The van der Waals surface area contributed by atoms with Crippen LogP contribution in [0.3, 0.4) is 0 Å². The fourth-order valence-corrected chi connectivity index (χ4v) is 3.73. The van der Waals surface area contributed by atoms with Crippen LogP contribution in [0.1, 0.15) is 35.3 Å². The number of carbonyl (C=O) groups is 1. The number of piperazine rings is 1. The van der Waals surface area contributed by atoms with Crippen LogP contribution < -0.4 is 10.1 Å². The predicted octanol–water partition coefficient (Wildman–Crippen LogP) is 3.19. The van der Waals surface area contributed by atoms with Crippen molar-refractivity contribution in [3.8, 4) is 5.75 Å². The third-order valence-electron chi connectivity index (χ3n) is 5.22. The summed E-state index contributed by atoms with van der Waals surface area (Å²) in [5.74, 6) is 0.577. The number of benzene rings is 2. The van der Waals surface area contributed by atoms with E-state index < -0.39 is 0 Å². The lowest BCUT2D eigenvalue weighted by Crippen LogP contribution is -2.47. The molecule has 1 N–H and O–H groups in total. The van der Waals surface area contributed by atoms with Gasteiger partial charge in [-0.3, -0.25) is 9.69 Å². The zero-order valence-corrected chi connectivity index (χ0v) is 16.9. The number of hydrogen-bond donors (Lipinski definition) is 1. The molecule has 1 atom stereocenters. The molecule has 5 heteroatoms. The van der Waals surface area contributed by atoms with Gasteiger partial charge < -0.3 is 15.0 Å². The number of ether oxygens (including phenoxy) is 1. The number of carbonyl (C=O) groups excluding carboxylic acids is 1. The van der Waals surface area contributed by atoms with E-state index in [0.29, 0.717) is 30.5 Å². The first kappa shape index (κ1) is 20.4. The van der Waals surface area contributed by atoms with Gasteiger partial charge in [0.15, 0.2) is 0 Å². The third-order valence-corrected chi connectivity index (χ3v) is 5.22. The lowest BCUT2D eigenvalue weighted by atomic mass is 10.0. The fraction of sp³-hybridized carbons (Fsp3) is 0.435. The topological polar surface area (TPSA) is 44.8 Å². The van der Waals surface area contributed by atoms with Crippen molar-refractivity contribution in [1.29, 1.82) is 0 Å². The summed E-state index contributed by atoms with van der Waals surface area (Å²) in [5.41, 5.74) is 1.97. The normalized spacial score (nSPS) is 18.0. The maximum Gasteiger partial charge on any atom is 0.255 e. The number of nitrogens with one attached hydrogen (secondary N) is 1. The van der Waals surface area contributed by atoms with Crippen LogP contribution in [-0.2, 0) is 0 Å². The minimum Gasteiger partial charge on any atom is -0.493 e. The quantitative estimate of drug-likeness (QED) is 0.714. The van der Waals surface area contributed by atoms with Gasteiger partial charge in [-0.15, -0.1) is 0 Å². The largest absolute Gasteiger partial charge is 0.493 e. The lowest BCUT2D eigenvalue weighted by Gasteiger charge is -2.40. The maximum absolute atomic E-state index is 12.5. The average Bonchev–Trinajstić information content (AvgIpc) is 2.73. The molecular formula is C23H31N3O2. The Morgan fingerprint density at radius 1 is 1.11 bits per heavy atom. The molecule has 1 fully saturated rings. The van der Waals surface area contributed by atoms with E-state index in [1.807, 2.05) is 31.2 Å². The molecule has 0 aliphatic carbocycles. The Hall–Kier alpha value is -2.37. The molecule has 5 nitrogen and oxygen atoms in total. The highest BCUT2D eigenvalue weighted by atomic mass is 16.5. The SMILES string of the molecule is CCOc1ccccc1C(=O)NCCCN1CCN(C)CC1c1ccccc1. The van der Waals surface area contributed by atoms with Gasteiger partial charge in [-0.05, 0) is 38.1 Å². The van der Waals surface area contributed by atoms with Crippen molar-refractivity contribution in [2.24, 2.45) is 0 Å². The van der Waals surface area contributed by atoms with E-state index in [2.05, 4.69) is 52.5 Å². The smallest absolute Gasteiger partial charge is 0.255 e. The van der Waals surface area contributed by atoms with Crippen LogP contribution in [0.2, 0.25) is 0 Å². The summed E-state index contributed by atoms with van der Waals surface area (Å²) in [7, 11) is 2.18. The molecule has 1 heterocycles. The van der Waals surface area contributed by atoms with Crippen LogP contribution >= 0.6 is 0 Å². The van der Waals surface area contributed by atoms with E-state index in [1.54, 1.807) is 0 Å². The van der Waals surface area contributed by atoms with Crippen molar-refractivity contribution in [1.82, 2.24) is 15.1 Å². The van der Waals surface area contributed by atoms with Crippen molar-refractivity contribution in [2.75, 3.05) is 46.4 Å². The molecule has 1 unspecified atom stereocenters. The summed E-state index contributed by atoms with van der Waals surface area (Å²) in [4.78, 5) is 17.4. The minimum atomic E-state index is -0.0676. The predicted molar refractivity (Wildman–Crippen MR) is 113 cm³/mol. The molecule has 0 spiro atoms. The van der Waals surface area contributed by atoms with Crippen molar-refractivity contribution in [2.45, 2.75) is 19.4 Å². The Balaban J connectivity index is 1.52. The fourth-order valence-electron chi connectivity index (χ4n) is 3.73. The maximum atomic E-state index is 12.5. The van der Waals surface area contributed by atoms with Crippen LogP contribution in [0.5, 0.6) is 5.75 Å². The van der Waals surface area contributed by atoms with Gasteiger partial charge in [0.25, 0.3) is 5.91 Å². The van der Waals surface area contributed by atoms with Gasteiger partial charge in [0, 0.05) is 38.8 Å². The first-order valence-electron chi connectivity index (χ1n) is 10.2. The molecule has 150 valence electrons. The van der Waals surface area contributed by atoms with Crippen LogP contribution in [0.25, 0.3) is 0 Å². The summed E-state index contributed by atoms with van der Waals surface area (Å²) in [5, 5.41) is 3.04. The molecule has 1 amide bonds. The lowest BCUT2D eigenvalue weighted by molar-refractivity contribution is 0.0865. The van der Waals surface area contributed by atoms with E-state index in [4.69, 9.17) is 4.74 Å². The molecule has 3 rings (SSSR count). The highest BCUT2D eigenvalue weighted by Gasteiger charge is 2.26. The number of likely N-dealkylation sites (N-methyl/N-ethyl adjacent to an activating group) is 1. The third kappa shape index (κ3) is 5.33. The molecule has 2 aromatic carbocycles. The number of rotatable bonds is 8. The number of hydrogen-bond acceptors (Lipinski definition) is 4. The minimum absolute atomic E-state index is 0.0676. The Morgan fingerprint density at radius 3 is 2.64 bits per heavy atom. The number of nitrogens with zero attached hydrogens (tertiary/aromatic N) is 2. The van der Waals surface area contributed by atoms with E-state index in [1.165, 1.54) is 5.56 Å².